The van der Waals surface area contributed by atoms with Crippen molar-refractivity contribution < 1.29 is 19.0 Å². The van der Waals surface area contributed by atoms with Gasteiger partial charge in [0.05, 0.1) is 21.3 Å². The number of nitrogens with zero attached hydrogens (tertiary/aromatic N) is 3. The molecule has 31 heavy (non-hydrogen) atoms. The largest absolute Gasteiger partial charge is 0.493 e. The van der Waals surface area contributed by atoms with Crippen molar-refractivity contribution in [1.29, 1.82) is 0 Å². The predicted octanol–water partition coefficient (Wildman–Crippen LogP) is 4.31. The van der Waals surface area contributed by atoms with Gasteiger partial charge in [-0.1, -0.05) is 11.3 Å². The van der Waals surface area contributed by atoms with E-state index in [9.17, 15) is 4.79 Å². The van der Waals surface area contributed by atoms with Crippen molar-refractivity contribution in [2.24, 2.45) is 17.8 Å². The van der Waals surface area contributed by atoms with Crippen molar-refractivity contribution in [2.75, 3.05) is 33.3 Å². The highest BCUT2D eigenvalue weighted by molar-refractivity contribution is 7.15. The summed E-state index contributed by atoms with van der Waals surface area (Å²) in [5, 5.41) is 10.8. The Kier molecular flexibility index (Phi) is 5.07. The number of benzene rings is 1. The van der Waals surface area contributed by atoms with E-state index in [1.807, 2.05) is 0 Å². The number of aromatic nitrogens is 2. The third-order valence-electron chi connectivity index (χ3n) is 7.41. The molecule has 7 nitrogen and oxygen atoms in total. The Hall–Kier alpha value is -2.35. The van der Waals surface area contributed by atoms with Gasteiger partial charge in [-0.25, -0.2) is 0 Å². The molecule has 1 amide bonds. The molecule has 1 heterocycles. The summed E-state index contributed by atoms with van der Waals surface area (Å²) < 4.78 is 16.2. The monoisotopic (exact) mass is 443 g/mol. The fraction of sp³-hybridized carbons (Fsp3) is 0.609. The zero-order valence-corrected chi connectivity index (χ0v) is 19.3. The maximum Gasteiger partial charge on any atom is 0.260 e. The lowest BCUT2D eigenvalue weighted by Crippen LogP contribution is -2.48. The summed E-state index contributed by atoms with van der Waals surface area (Å²) in [6.07, 6.45) is 7.88. The van der Waals surface area contributed by atoms with Crippen LogP contribution in [0, 0.1) is 17.8 Å². The van der Waals surface area contributed by atoms with Crippen molar-refractivity contribution in [1.82, 2.24) is 10.2 Å². The van der Waals surface area contributed by atoms with Gasteiger partial charge < -0.3 is 14.2 Å². The van der Waals surface area contributed by atoms with E-state index in [1.165, 1.54) is 52.7 Å². The van der Waals surface area contributed by atoms with Crippen molar-refractivity contribution in [3.8, 4) is 17.2 Å². The van der Waals surface area contributed by atoms with E-state index in [1.54, 1.807) is 42.5 Å². The Morgan fingerprint density at radius 2 is 1.52 bits per heavy atom. The standard InChI is InChI=1S/C23H29N3O4S/c1-26(20(27)16-8-17(28-2)19(30-4)18(9-16)29-3)22-25-24-21(31-22)23-10-13-5-14(11-23)7-15(6-13)12-23/h8-9,13-15H,5-7,10-12H2,1-4H3. The van der Waals surface area contributed by atoms with Gasteiger partial charge in [0.1, 0.15) is 5.01 Å². The smallest absolute Gasteiger partial charge is 0.260 e. The van der Waals surface area contributed by atoms with E-state index in [2.05, 4.69) is 10.2 Å². The van der Waals surface area contributed by atoms with Gasteiger partial charge in [0.15, 0.2) is 11.5 Å². The maximum absolute atomic E-state index is 13.3. The zero-order chi connectivity index (χ0) is 21.8. The molecule has 1 aromatic carbocycles. The van der Waals surface area contributed by atoms with E-state index in [0.29, 0.717) is 27.9 Å². The highest BCUT2D eigenvalue weighted by Gasteiger charge is 2.53. The second kappa shape index (κ2) is 7.65. The van der Waals surface area contributed by atoms with E-state index >= 15 is 0 Å². The fourth-order valence-corrected chi connectivity index (χ4v) is 7.45. The number of hydrogen-bond donors (Lipinski definition) is 0. The lowest BCUT2D eigenvalue weighted by molar-refractivity contribution is -0.00555. The number of anilines is 1. The highest BCUT2D eigenvalue weighted by Crippen LogP contribution is 2.61. The van der Waals surface area contributed by atoms with Gasteiger partial charge in [-0.15, -0.1) is 10.2 Å². The second-order valence-corrected chi connectivity index (χ2v) is 10.3. The molecule has 4 aliphatic rings. The molecule has 0 aliphatic heterocycles. The minimum absolute atomic E-state index is 0.182. The third kappa shape index (κ3) is 3.35. The Labute approximate surface area is 186 Å². The van der Waals surface area contributed by atoms with Crippen LogP contribution >= 0.6 is 11.3 Å². The van der Waals surface area contributed by atoms with Crippen molar-refractivity contribution in [3.05, 3.63) is 22.7 Å². The fourth-order valence-electron chi connectivity index (χ4n) is 6.42. The first-order chi connectivity index (χ1) is 15.0. The van der Waals surface area contributed by atoms with Crippen LogP contribution in [0.4, 0.5) is 5.13 Å². The number of hydrogen-bond acceptors (Lipinski definition) is 7. The SMILES string of the molecule is COc1cc(C(=O)N(C)c2nnc(C34CC5CC(CC(C5)C3)C4)s2)cc(OC)c1OC. The quantitative estimate of drug-likeness (QED) is 0.662. The molecule has 0 radical (unpaired) electrons. The van der Waals surface area contributed by atoms with Crippen LogP contribution in [0.1, 0.15) is 53.9 Å². The normalized spacial score (nSPS) is 28.5. The van der Waals surface area contributed by atoms with Crippen molar-refractivity contribution in [2.45, 2.75) is 43.9 Å². The molecule has 166 valence electrons. The molecular formula is C23H29N3O4S. The number of carbonyl (C=O) groups excluding carboxylic acids is 1. The van der Waals surface area contributed by atoms with Crippen LogP contribution in [0.3, 0.4) is 0 Å². The molecule has 6 rings (SSSR count). The minimum Gasteiger partial charge on any atom is -0.493 e. The first kappa shape index (κ1) is 20.5. The van der Waals surface area contributed by atoms with Crippen LogP contribution in [0.25, 0.3) is 0 Å². The van der Waals surface area contributed by atoms with Crippen molar-refractivity contribution >= 4 is 22.4 Å². The summed E-state index contributed by atoms with van der Waals surface area (Å²) in [5.74, 6) is 3.71. The van der Waals surface area contributed by atoms with Gasteiger partial charge in [0.25, 0.3) is 5.91 Å². The lowest BCUT2D eigenvalue weighted by atomic mass is 9.50. The van der Waals surface area contributed by atoms with Crippen LogP contribution in [0.2, 0.25) is 0 Å². The Bertz CT molecular complexity index is 944. The van der Waals surface area contributed by atoms with E-state index in [0.717, 1.165) is 22.8 Å². The number of amides is 1. The molecule has 0 atom stereocenters. The van der Waals surface area contributed by atoms with Crippen LogP contribution < -0.4 is 19.1 Å². The molecule has 1 aromatic heterocycles. The summed E-state index contributed by atoms with van der Waals surface area (Å²) in [6.45, 7) is 0. The molecule has 4 aliphatic carbocycles. The second-order valence-electron chi connectivity index (χ2n) is 9.37. The summed E-state index contributed by atoms with van der Waals surface area (Å²) >= 11 is 1.58. The minimum atomic E-state index is -0.188. The van der Waals surface area contributed by atoms with Gasteiger partial charge in [-0.2, -0.15) is 0 Å². The molecule has 2 aromatic rings. The molecule has 0 N–H and O–H groups in total. The van der Waals surface area contributed by atoms with E-state index in [4.69, 9.17) is 14.2 Å². The summed E-state index contributed by atoms with van der Waals surface area (Å²) in [4.78, 5) is 14.8. The Morgan fingerprint density at radius 3 is 2.00 bits per heavy atom. The maximum atomic E-state index is 13.3. The molecule has 4 fully saturated rings. The average molecular weight is 444 g/mol. The lowest BCUT2D eigenvalue weighted by Gasteiger charge is -2.55. The van der Waals surface area contributed by atoms with Gasteiger partial charge in [-0.3, -0.25) is 9.69 Å². The number of ether oxygens (including phenoxy) is 3. The zero-order valence-electron chi connectivity index (χ0n) is 18.5. The Balaban J connectivity index is 1.41. The molecule has 0 unspecified atom stereocenters. The first-order valence-electron chi connectivity index (χ1n) is 10.9. The third-order valence-corrected chi connectivity index (χ3v) is 8.66. The van der Waals surface area contributed by atoms with Crippen LogP contribution in [0.15, 0.2) is 12.1 Å². The van der Waals surface area contributed by atoms with Crippen LogP contribution in [0.5, 0.6) is 17.2 Å². The topological polar surface area (TPSA) is 73.8 Å². The van der Waals surface area contributed by atoms with Gasteiger partial charge in [0, 0.05) is 18.0 Å². The van der Waals surface area contributed by atoms with Gasteiger partial charge >= 0.3 is 0 Å². The summed E-state index contributed by atoms with van der Waals surface area (Å²) in [5.41, 5.74) is 0.629. The summed E-state index contributed by atoms with van der Waals surface area (Å²) in [7, 11) is 6.37. The van der Waals surface area contributed by atoms with Gasteiger partial charge in [-0.05, 0) is 68.4 Å². The molecule has 8 heteroatoms. The molecule has 4 bridgehead atoms. The average Bonchev–Trinajstić information content (AvgIpc) is 3.27. The van der Waals surface area contributed by atoms with E-state index in [-0.39, 0.29) is 11.3 Å². The molecule has 0 saturated heterocycles. The van der Waals surface area contributed by atoms with Crippen molar-refractivity contribution in [3.63, 3.8) is 0 Å². The predicted molar refractivity (Wildman–Crippen MR) is 119 cm³/mol. The van der Waals surface area contributed by atoms with Crippen LogP contribution in [-0.2, 0) is 5.41 Å². The molecular weight excluding hydrogens is 414 g/mol. The Morgan fingerprint density at radius 1 is 0.968 bits per heavy atom. The number of carbonyl (C=O) groups is 1. The molecule has 0 spiro atoms. The van der Waals surface area contributed by atoms with Crippen LogP contribution in [-0.4, -0.2) is 44.5 Å². The number of methoxy groups -OCH3 is 3. The first-order valence-corrected chi connectivity index (χ1v) is 11.7. The summed E-state index contributed by atoms with van der Waals surface area (Å²) in [6, 6.07) is 3.34. The number of rotatable bonds is 6. The van der Waals surface area contributed by atoms with Gasteiger partial charge in [0.2, 0.25) is 10.9 Å². The molecule has 4 saturated carbocycles. The van der Waals surface area contributed by atoms with E-state index < -0.39 is 0 Å². The highest BCUT2D eigenvalue weighted by atomic mass is 32.1.